The van der Waals surface area contributed by atoms with Crippen molar-refractivity contribution in [2.45, 2.75) is 13.2 Å². The number of carbonyl (C=O) groups is 1. The molecule has 0 spiro atoms. The van der Waals surface area contributed by atoms with Gasteiger partial charge in [-0.25, -0.2) is 9.78 Å². The van der Waals surface area contributed by atoms with Crippen molar-refractivity contribution < 1.29 is 14.3 Å². The number of rotatable bonds is 6. The Morgan fingerprint density at radius 3 is 2.94 bits per heavy atom. The van der Waals surface area contributed by atoms with E-state index in [9.17, 15) is 9.59 Å². The van der Waals surface area contributed by atoms with E-state index in [1.165, 1.54) is 27.2 Å². The number of aromatic nitrogens is 5. The smallest absolute Gasteiger partial charge is 0.338 e. The standard InChI is InChI=1S/C20H15N5O4S2/c1-24-18(26)17-15(5-6-31-17)25-16(22-23-20(24)25)9-29-19(27)12-3-2-4-14(7-12)28-8-13-10-30-11-21-13/h2-7,10-11H,8-9H2,1H3. The first-order valence-electron chi connectivity index (χ1n) is 9.19. The molecule has 0 radical (unpaired) electrons. The van der Waals surface area contributed by atoms with E-state index in [-0.39, 0.29) is 12.2 Å². The van der Waals surface area contributed by atoms with Crippen LogP contribution in [0.3, 0.4) is 0 Å². The van der Waals surface area contributed by atoms with Crippen LogP contribution in [-0.4, -0.2) is 30.1 Å². The van der Waals surface area contributed by atoms with Crippen molar-refractivity contribution >= 4 is 44.6 Å². The molecule has 9 nitrogen and oxygen atoms in total. The lowest BCUT2D eigenvalue weighted by atomic mass is 10.2. The molecule has 0 fully saturated rings. The molecule has 156 valence electrons. The lowest BCUT2D eigenvalue weighted by Gasteiger charge is -2.08. The fourth-order valence-electron chi connectivity index (χ4n) is 3.14. The number of aryl methyl sites for hydroxylation is 1. The van der Waals surface area contributed by atoms with Gasteiger partial charge in [-0.2, -0.15) is 0 Å². The van der Waals surface area contributed by atoms with Gasteiger partial charge in [-0.3, -0.25) is 13.8 Å². The fourth-order valence-corrected chi connectivity index (χ4v) is 4.53. The summed E-state index contributed by atoms with van der Waals surface area (Å²) in [6.07, 6.45) is 0. The van der Waals surface area contributed by atoms with Crippen molar-refractivity contribution in [2.24, 2.45) is 7.05 Å². The number of hydrogen-bond acceptors (Lipinski definition) is 9. The molecular weight excluding hydrogens is 438 g/mol. The summed E-state index contributed by atoms with van der Waals surface area (Å²) in [5, 5.41) is 11.9. The van der Waals surface area contributed by atoms with Gasteiger partial charge in [0.25, 0.3) is 5.56 Å². The first kappa shape index (κ1) is 19.4. The highest BCUT2D eigenvalue weighted by Crippen LogP contribution is 2.20. The topological polar surface area (TPSA) is 101 Å². The molecule has 31 heavy (non-hydrogen) atoms. The van der Waals surface area contributed by atoms with Gasteiger partial charge < -0.3 is 9.47 Å². The van der Waals surface area contributed by atoms with E-state index in [2.05, 4.69) is 15.2 Å². The Bertz CT molecular complexity index is 1450. The zero-order valence-corrected chi connectivity index (χ0v) is 17.9. The molecule has 0 aliphatic rings. The monoisotopic (exact) mass is 453 g/mol. The number of benzene rings is 1. The zero-order chi connectivity index (χ0) is 21.4. The quantitative estimate of drug-likeness (QED) is 0.364. The molecule has 4 heterocycles. The van der Waals surface area contributed by atoms with Crippen LogP contribution in [0.2, 0.25) is 0 Å². The summed E-state index contributed by atoms with van der Waals surface area (Å²) in [5.74, 6) is 0.852. The summed E-state index contributed by atoms with van der Waals surface area (Å²) >= 11 is 2.84. The highest BCUT2D eigenvalue weighted by Gasteiger charge is 2.17. The maximum Gasteiger partial charge on any atom is 0.338 e. The number of esters is 1. The van der Waals surface area contributed by atoms with Gasteiger partial charge in [-0.15, -0.1) is 32.9 Å². The molecule has 0 bridgehead atoms. The second-order valence-electron chi connectivity index (χ2n) is 6.62. The third kappa shape index (κ3) is 3.57. The summed E-state index contributed by atoms with van der Waals surface area (Å²) in [5.41, 5.74) is 3.48. The lowest BCUT2D eigenvalue weighted by molar-refractivity contribution is 0.0461. The van der Waals surface area contributed by atoms with Gasteiger partial charge in [0.1, 0.15) is 17.1 Å². The SMILES string of the molecule is Cn1c(=O)c2sccc2n2c(COC(=O)c3cccc(OCc4cscn4)c3)nnc12. The van der Waals surface area contributed by atoms with Crippen LogP contribution in [0.1, 0.15) is 21.9 Å². The minimum Gasteiger partial charge on any atom is -0.487 e. The molecule has 0 saturated carbocycles. The number of carbonyl (C=O) groups excluding carboxylic acids is 1. The molecular formula is C20H15N5O4S2. The summed E-state index contributed by atoms with van der Waals surface area (Å²) in [6, 6.07) is 8.59. The predicted molar refractivity (Wildman–Crippen MR) is 116 cm³/mol. The number of thiophene rings is 1. The minimum absolute atomic E-state index is 0.0902. The van der Waals surface area contributed by atoms with E-state index in [1.807, 2.05) is 16.8 Å². The van der Waals surface area contributed by atoms with E-state index in [0.29, 0.717) is 39.7 Å². The third-order valence-corrected chi connectivity index (χ3v) is 6.20. The van der Waals surface area contributed by atoms with Gasteiger partial charge in [0.15, 0.2) is 12.4 Å². The van der Waals surface area contributed by atoms with E-state index in [1.54, 1.807) is 41.2 Å². The average molecular weight is 454 g/mol. The van der Waals surface area contributed by atoms with E-state index in [0.717, 1.165) is 5.69 Å². The van der Waals surface area contributed by atoms with Crippen LogP contribution < -0.4 is 10.3 Å². The molecule has 0 saturated heterocycles. The third-order valence-electron chi connectivity index (χ3n) is 4.67. The molecule has 0 amide bonds. The van der Waals surface area contributed by atoms with Crippen LogP contribution >= 0.6 is 22.7 Å². The highest BCUT2D eigenvalue weighted by atomic mass is 32.1. The second kappa shape index (κ2) is 7.93. The first-order valence-corrected chi connectivity index (χ1v) is 11.0. The van der Waals surface area contributed by atoms with Gasteiger partial charge >= 0.3 is 5.97 Å². The lowest BCUT2D eigenvalue weighted by Crippen LogP contribution is -2.19. The van der Waals surface area contributed by atoms with Gasteiger partial charge in [-0.05, 0) is 29.6 Å². The normalized spacial score (nSPS) is 11.3. The van der Waals surface area contributed by atoms with Gasteiger partial charge in [0.2, 0.25) is 5.78 Å². The van der Waals surface area contributed by atoms with Gasteiger partial charge in [0, 0.05) is 12.4 Å². The van der Waals surface area contributed by atoms with Crippen LogP contribution in [0.5, 0.6) is 5.75 Å². The average Bonchev–Trinajstić information content (AvgIpc) is 3.54. The predicted octanol–water partition coefficient (Wildman–Crippen LogP) is 3.04. The molecule has 4 aromatic heterocycles. The molecule has 0 aliphatic carbocycles. The van der Waals surface area contributed by atoms with Crippen LogP contribution in [0, 0.1) is 0 Å². The van der Waals surface area contributed by atoms with Crippen molar-refractivity contribution in [3.63, 3.8) is 0 Å². The Morgan fingerprint density at radius 1 is 1.19 bits per heavy atom. The summed E-state index contributed by atoms with van der Waals surface area (Å²) in [4.78, 5) is 29.2. The first-order chi connectivity index (χ1) is 15.1. The van der Waals surface area contributed by atoms with E-state index in [4.69, 9.17) is 9.47 Å². The maximum absolute atomic E-state index is 12.6. The molecule has 0 N–H and O–H groups in total. The number of nitrogens with zero attached hydrogens (tertiary/aromatic N) is 5. The minimum atomic E-state index is -0.512. The molecule has 11 heteroatoms. The van der Waals surface area contributed by atoms with Crippen molar-refractivity contribution in [2.75, 3.05) is 0 Å². The van der Waals surface area contributed by atoms with Gasteiger partial charge in [-0.1, -0.05) is 6.07 Å². The van der Waals surface area contributed by atoms with Crippen molar-refractivity contribution in [3.05, 3.63) is 74.0 Å². The second-order valence-corrected chi connectivity index (χ2v) is 8.26. The number of thiazole rings is 1. The molecule has 0 atom stereocenters. The van der Waals surface area contributed by atoms with Crippen molar-refractivity contribution in [1.82, 2.24) is 24.1 Å². The van der Waals surface area contributed by atoms with E-state index >= 15 is 0 Å². The Morgan fingerprint density at radius 2 is 2.10 bits per heavy atom. The van der Waals surface area contributed by atoms with Crippen LogP contribution in [-0.2, 0) is 25.0 Å². The molecule has 5 aromatic rings. The summed E-state index contributed by atoms with van der Waals surface area (Å²) in [6.45, 7) is 0.232. The van der Waals surface area contributed by atoms with Crippen LogP contribution in [0.15, 0.2) is 51.4 Å². The Kier molecular flexibility index (Phi) is 4.96. The maximum atomic E-state index is 12.6. The Labute approximate surface area is 183 Å². The van der Waals surface area contributed by atoms with Gasteiger partial charge in [0.05, 0.1) is 22.3 Å². The molecule has 1 aromatic carbocycles. The fraction of sp³-hybridized carbons (Fsp3) is 0.150. The number of fused-ring (bicyclic) bond motifs is 3. The molecule has 0 aliphatic heterocycles. The summed E-state index contributed by atoms with van der Waals surface area (Å²) in [7, 11) is 1.64. The molecule has 5 rings (SSSR count). The van der Waals surface area contributed by atoms with Crippen LogP contribution in [0.4, 0.5) is 0 Å². The van der Waals surface area contributed by atoms with Crippen molar-refractivity contribution in [1.29, 1.82) is 0 Å². The Hall–Kier alpha value is -3.57. The van der Waals surface area contributed by atoms with E-state index < -0.39 is 5.97 Å². The number of ether oxygens (including phenoxy) is 2. The Balaban J connectivity index is 1.35. The largest absolute Gasteiger partial charge is 0.487 e. The van der Waals surface area contributed by atoms with Crippen LogP contribution in [0.25, 0.3) is 16.0 Å². The highest BCUT2D eigenvalue weighted by molar-refractivity contribution is 7.17. The zero-order valence-electron chi connectivity index (χ0n) is 16.2. The number of hydrogen-bond donors (Lipinski definition) is 0. The van der Waals surface area contributed by atoms with Crippen molar-refractivity contribution in [3.8, 4) is 5.75 Å². The molecule has 0 unspecified atom stereocenters. The summed E-state index contributed by atoms with van der Waals surface area (Å²) < 4.78 is 14.9.